The average molecular weight is 505 g/mol. The minimum atomic E-state index is 0.417. The molecular formula is C33H52N4. The van der Waals surface area contributed by atoms with E-state index in [9.17, 15) is 0 Å². The highest BCUT2D eigenvalue weighted by Crippen LogP contribution is 2.44. The van der Waals surface area contributed by atoms with Crippen molar-refractivity contribution in [3.8, 4) is 0 Å². The number of hydrogen-bond donors (Lipinski definition) is 0. The molecule has 1 heterocycles. The van der Waals surface area contributed by atoms with Crippen LogP contribution >= 0.6 is 0 Å². The van der Waals surface area contributed by atoms with Crippen LogP contribution in [0.1, 0.15) is 108 Å². The van der Waals surface area contributed by atoms with Gasteiger partial charge in [0.15, 0.2) is 0 Å². The molecule has 2 aromatic carbocycles. The summed E-state index contributed by atoms with van der Waals surface area (Å²) in [4.78, 5) is 9.75. The third kappa shape index (κ3) is 5.85. The molecule has 2 unspecified atom stereocenters. The molecule has 4 nitrogen and oxygen atoms in total. The SMILES string of the molecule is CCC(C(C)c1cccc(C(C)C)c1N1CN(c2c(C(C)C)cccc2C(C)C)C=C1N(C)C)N(C)C. The minimum Gasteiger partial charge on any atom is -0.363 e. The monoisotopic (exact) mass is 504 g/mol. The van der Waals surface area contributed by atoms with Crippen LogP contribution in [0.15, 0.2) is 48.4 Å². The number of benzene rings is 2. The topological polar surface area (TPSA) is 13.0 Å². The van der Waals surface area contributed by atoms with Gasteiger partial charge in [-0.2, -0.15) is 0 Å². The van der Waals surface area contributed by atoms with Crippen molar-refractivity contribution in [3.63, 3.8) is 0 Å². The molecule has 37 heavy (non-hydrogen) atoms. The summed E-state index contributed by atoms with van der Waals surface area (Å²) in [5.41, 5.74) is 8.49. The van der Waals surface area contributed by atoms with Crippen LogP contribution in [0.3, 0.4) is 0 Å². The predicted octanol–water partition coefficient (Wildman–Crippen LogP) is 8.15. The first kappa shape index (κ1) is 29.1. The van der Waals surface area contributed by atoms with E-state index in [4.69, 9.17) is 0 Å². The molecule has 1 aliphatic heterocycles. The molecule has 4 heteroatoms. The van der Waals surface area contributed by atoms with Crippen LogP contribution in [-0.2, 0) is 0 Å². The maximum absolute atomic E-state index is 2.57. The first-order valence-electron chi connectivity index (χ1n) is 14.3. The standard InChI is InChI=1S/C33H52N4/c1-13-30(34(9)10)25(8)29-19-15-18-28(24(6)7)33(29)37-21-36(20-31(37)35(11)12)32-26(22(2)3)16-14-17-27(32)23(4)5/h14-20,22-25,30H,13,21H2,1-12H3. The minimum absolute atomic E-state index is 0.417. The Hall–Kier alpha value is -2.46. The number of para-hydroxylation sites is 2. The van der Waals surface area contributed by atoms with Crippen molar-refractivity contribution >= 4 is 11.4 Å². The number of anilines is 2. The van der Waals surface area contributed by atoms with Crippen LogP contribution in [0, 0.1) is 0 Å². The van der Waals surface area contributed by atoms with Crippen LogP contribution in [0.2, 0.25) is 0 Å². The van der Waals surface area contributed by atoms with Crippen molar-refractivity contribution in [2.45, 2.75) is 91.5 Å². The Kier molecular flexibility index (Phi) is 9.39. The van der Waals surface area contributed by atoms with E-state index in [1.807, 2.05) is 0 Å². The van der Waals surface area contributed by atoms with E-state index in [1.165, 1.54) is 39.4 Å². The summed E-state index contributed by atoms with van der Waals surface area (Å²) in [7, 11) is 8.79. The second kappa shape index (κ2) is 11.9. The third-order valence-corrected chi connectivity index (χ3v) is 8.07. The largest absolute Gasteiger partial charge is 0.363 e. The molecule has 0 aliphatic carbocycles. The Morgan fingerprint density at radius 3 is 1.57 bits per heavy atom. The first-order chi connectivity index (χ1) is 17.4. The predicted molar refractivity (Wildman–Crippen MR) is 163 cm³/mol. The highest BCUT2D eigenvalue weighted by Gasteiger charge is 2.33. The molecule has 0 N–H and O–H groups in total. The highest BCUT2D eigenvalue weighted by atomic mass is 15.4. The fourth-order valence-corrected chi connectivity index (χ4v) is 6.09. The van der Waals surface area contributed by atoms with Crippen LogP contribution in [0.25, 0.3) is 0 Å². The molecular weight excluding hydrogens is 452 g/mol. The van der Waals surface area contributed by atoms with Crippen LogP contribution in [0.5, 0.6) is 0 Å². The molecule has 2 aromatic rings. The van der Waals surface area contributed by atoms with Crippen LogP contribution in [0.4, 0.5) is 11.4 Å². The van der Waals surface area contributed by atoms with Gasteiger partial charge in [-0.15, -0.1) is 0 Å². The lowest BCUT2D eigenvalue weighted by Gasteiger charge is -2.36. The van der Waals surface area contributed by atoms with Gasteiger partial charge in [-0.3, -0.25) is 0 Å². The van der Waals surface area contributed by atoms with Gasteiger partial charge in [-0.1, -0.05) is 91.8 Å². The van der Waals surface area contributed by atoms with E-state index < -0.39 is 0 Å². The Morgan fingerprint density at radius 2 is 1.16 bits per heavy atom. The number of rotatable bonds is 10. The second-order valence-corrected chi connectivity index (χ2v) is 12.2. The normalized spacial score (nSPS) is 15.8. The van der Waals surface area contributed by atoms with Crippen molar-refractivity contribution in [2.75, 3.05) is 44.7 Å². The molecule has 204 valence electrons. The lowest BCUT2D eigenvalue weighted by Crippen LogP contribution is -2.36. The Morgan fingerprint density at radius 1 is 0.703 bits per heavy atom. The molecule has 3 rings (SSSR count). The lowest BCUT2D eigenvalue weighted by molar-refractivity contribution is 0.253. The van der Waals surface area contributed by atoms with Gasteiger partial charge in [-0.25, -0.2) is 0 Å². The van der Waals surface area contributed by atoms with Crippen molar-refractivity contribution in [1.29, 1.82) is 0 Å². The van der Waals surface area contributed by atoms with Gasteiger partial charge >= 0.3 is 0 Å². The summed E-state index contributed by atoms with van der Waals surface area (Å²) in [5, 5.41) is 0. The van der Waals surface area contributed by atoms with Crippen molar-refractivity contribution < 1.29 is 0 Å². The van der Waals surface area contributed by atoms with Crippen molar-refractivity contribution in [3.05, 3.63) is 70.7 Å². The molecule has 0 aromatic heterocycles. The molecule has 0 amide bonds. The van der Waals surface area contributed by atoms with E-state index in [1.54, 1.807) is 0 Å². The maximum Gasteiger partial charge on any atom is 0.126 e. The zero-order chi connectivity index (χ0) is 27.6. The molecule has 0 saturated carbocycles. The number of likely N-dealkylation sites (N-methyl/N-ethyl adjacent to an activating group) is 1. The summed E-state index contributed by atoms with van der Waals surface area (Å²) >= 11 is 0. The zero-order valence-corrected chi connectivity index (χ0v) is 25.6. The number of hydrogen-bond acceptors (Lipinski definition) is 4. The molecule has 0 saturated heterocycles. The van der Waals surface area contributed by atoms with E-state index in [2.05, 4.69) is 146 Å². The smallest absolute Gasteiger partial charge is 0.126 e. The highest BCUT2D eigenvalue weighted by molar-refractivity contribution is 5.72. The van der Waals surface area contributed by atoms with Crippen molar-refractivity contribution in [1.82, 2.24) is 9.80 Å². The molecule has 0 radical (unpaired) electrons. The second-order valence-electron chi connectivity index (χ2n) is 12.2. The fourth-order valence-electron chi connectivity index (χ4n) is 6.09. The van der Waals surface area contributed by atoms with Gasteiger partial charge in [0.25, 0.3) is 0 Å². The Balaban J connectivity index is 2.23. The summed E-state index contributed by atoms with van der Waals surface area (Å²) in [6.45, 7) is 19.4. The Labute approximate surface area is 227 Å². The van der Waals surface area contributed by atoms with E-state index in [-0.39, 0.29) is 0 Å². The quantitative estimate of drug-likeness (QED) is 0.324. The summed E-state index contributed by atoms with van der Waals surface area (Å²) in [6.07, 6.45) is 3.50. The van der Waals surface area contributed by atoms with Gasteiger partial charge in [0.1, 0.15) is 12.5 Å². The Bertz CT molecular complexity index is 1050. The zero-order valence-electron chi connectivity index (χ0n) is 25.6. The van der Waals surface area contributed by atoms with Crippen LogP contribution < -0.4 is 9.80 Å². The molecule has 2 atom stereocenters. The van der Waals surface area contributed by atoms with E-state index in [0.29, 0.717) is 29.7 Å². The average Bonchev–Trinajstić information content (AvgIpc) is 3.28. The van der Waals surface area contributed by atoms with E-state index in [0.717, 1.165) is 13.1 Å². The van der Waals surface area contributed by atoms with Gasteiger partial charge in [0.2, 0.25) is 0 Å². The lowest BCUT2D eigenvalue weighted by atomic mass is 9.86. The maximum atomic E-state index is 2.57. The van der Waals surface area contributed by atoms with Crippen LogP contribution in [-0.4, -0.2) is 50.7 Å². The summed E-state index contributed by atoms with van der Waals surface area (Å²) < 4.78 is 0. The summed E-state index contributed by atoms with van der Waals surface area (Å²) in [5.74, 6) is 3.02. The number of nitrogens with zero attached hydrogens (tertiary/aromatic N) is 4. The summed E-state index contributed by atoms with van der Waals surface area (Å²) in [6, 6.07) is 14.3. The third-order valence-electron chi connectivity index (χ3n) is 8.07. The van der Waals surface area contributed by atoms with E-state index >= 15 is 0 Å². The molecule has 0 spiro atoms. The van der Waals surface area contributed by atoms with Crippen molar-refractivity contribution in [2.24, 2.45) is 0 Å². The van der Waals surface area contributed by atoms with Gasteiger partial charge in [0.05, 0.1) is 5.69 Å². The molecule has 0 fully saturated rings. The first-order valence-corrected chi connectivity index (χ1v) is 14.3. The van der Waals surface area contributed by atoms with Gasteiger partial charge in [0, 0.05) is 32.0 Å². The molecule has 0 bridgehead atoms. The van der Waals surface area contributed by atoms with Gasteiger partial charge < -0.3 is 19.6 Å². The van der Waals surface area contributed by atoms with Gasteiger partial charge in [-0.05, 0) is 66.4 Å². The fraction of sp³-hybridized carbons (Fsp3) is 0.576. The molecule has 1 aliphatic rings.